The molecule has 0 saturated heterocycles. The maximum Gasteiger partial charge on any atom is 0.257 e. The maximum absolute atomic E-state index is 13.6. The van der Waals surface area contributed by atoms with E-state index in [1.54, 1.807) is 19.1 Å². The molecule has 0 spiro atoms. The Kier molecular flexibility index (Phi) is 7.75. The smallest absolute Gasteiger partial charge is 0.257 e. The molecule has 2 saturated carbocycles. The van der Waals surface area contributed by atoms with Crippen LogP contribution < -0.4 is 5.73 Å². The molecule has 3 rings (SSSR count). The van der Waals surface area contributed by atoms with E-state index in [1.165, 1.54) is 64.2 Å². The Hall–Kier alpha value is -1.14. The van der Waals surface area contributed by atoms with E-state index in [0.29, 0.717) is 18.4 Å². The van der Waals surface area contributed by atoms with Crippen LogP contribution in [0.5, 0.6) is 0 Å². The van der Waals surface area contributed by atoms with Gasteiger partial charge in [-0.1, -0.05) is 64.2 Å². The fourth-order valence-corrected chi connectivity index (χ4v) is 5.44. The lowest BCUT2D eigenvalue weighted by Gasteiger charge is -2.33. The summed E-state index contributed by atoms with van der Waals surface area (Å²) in [4.78, 5) is 20.0. The molecule has 160 valence electrons. The average Bonchev–Trinajstić information content (AvgIpc) is 2.96. The topological polar surface area (TPSA) is 77.2 Å². The van der Waals surface area contributed by atoms with Crippen LogP contribution >= 0.6 is 0 Å². The molecule has 0 aromatic carbocycles. The minimum atomic E-state index is -0.671. The van der Waals surface area contributed by atoms with Crippen LogP contribution in [0.2, 0.25) is 0 Å². The van der Waals surface area contributed by atoms with Crippen molar-refractivity contribution >= 4 is 11.9 Å². The number of nitrogens with zero attached hydrogens (tertiary/aromatic N) is 2. The van der Waals surface area contributed by atoms with E-state index in [4.69, 9.17) is 20.2 Å². The van der Waals surface area contributed by atoms with Crippen LogP contribution in [0.25, 0.3) is 0 Å². The summed E-state index contributed by atoms with van der Waals surface area (Å²) in [6.45, 7) is 0.303. The monoisotopic (exact) mass is 393 g/mol. The van der Waals surface area contributed by atoms with Gasteiger partial charge in [-0.2, -0.15) is 0 Å². The first-order valence-electron chi connectivity index (χ1n) is 11.3. The summed E-state index contributed by atoms with van der Waals surface area (Å²) in [5, 5.41) is 0. The van der Waals surface area contributed by atoms with Gasteiger partial charge in [0.25, 0.3) is 5.91 Å². The highest BCUT2D eigenvalue weighted by molar-refractivity contribution is 6.06. The molecule has 2 N–H and O–H groups in total. The summed E-state index contributed by atoms with van der Waals surface area (Å²) >= 11 is 0. The van der Waals surface area contributed by atoms with Gasteiger partial charge in [0.05, 0.1) is 6.54 Å². The third-order valence-electron chi connectivity index (χ3n) is 7.15. The Labute approximate surface area is 170 Å². The first-order chi connectivity index (χ1) is 13.6. The van der Waals surface area contributed by atoms with Crippen molar-refractivity contribution in [3.05, 3.63) is 0 Å². The van der Waals surface area contributed by atoms with E-state index in [1.807, 2.05) is 0 Å². The van der Waals surface area contributed by atoms with Gasteiger partial charge in [0.2, 0.25) is 0 Å². The van der Waals surface area contributed by atoms with Crippen molar-refractivity contribution < 1.29 is 14.3 Å². The highest BCUT2D eigenvalue weighted by Gasteiger charge is 2.49. The molecule has 1 unspecified atom stereocenters. The number of hydrogen-bond donors (Lipinski definition) is 1. The van der Waals surface area contributed by atoms with E-state index in [9.17, 15) is 4.79 Å². The highest BCUT2D eigenvalue weighted by Crippen LogP contribution is 2.40. The van der Waals surface area contributed by atoms with Gasteiger partial charge in [0, 0.05) is 14.2 Å². The van der Waals surface area contributed by atoms with Crippen molar-refractivity contribution in [1.82, 2.24) is 4.90 Å². The fourth-order valence-electron chi connectivity index (χ4n) is 5.44. The maximum atomic E-state index is 13.6. The normalized spacial score (nSPS) is 27.6. The lowest BCUT2D eigenvalue weighted by atomic mass is 9.75. The zero-order valence-electron chi connectivity index (χ0n) is 17.8. The lowest BCUT2D eigenvalue weighted by Crippen LogP contribution is -2.48. The van der Waals surface area contributed by atoms with Crippen molar-refractivity contribution in [2.75, 3.05) is 20.8 Å². The Bertz CT molecular complexity index is 537. The number of rotatable bonds is 9. The predicted octanol–water partition coefficient (Wildman–Crippen LogP) is 3.83. The second-order valence-corrected chi connectivity index (χ2v) is 9.07. The summed E-state index contributed by atoms with van der Waals surface area (Å²) in [5.41, 5.74) is 5.59. The molecule has 6 nitrogen and oxygen atoms in total. The number of hydrogen-bond acceptors (Lipinski definition) is 5. The molecule has 1 atom stereocenters. The van der Waals surface area contributed by atoms with Gasteiger partial charge in [-0.25, -0.2) is 4.99 Å². The molecule has 1 aliphatic heterocycles. The number of ether oxygens (including phenoxy) is 2. The van der Waals surface area contributed by atoms with E-state index in [0.717, 1.165) is 25.2 Å². The number of nitrogens with two attached hydrogens (primary N) is 1. The quantitative estimate of drug-likeness (QED) is 0.604. The third-order valence-corrected chi connectivity index (χ3v) is 7.15. The van der Waals surface area contributed by atoms with Gasteiger partial charge in [0.15, 0.2) is 12.2 Å². The zero-order valence-corrected chi connectivity index (χ0v) is 17.8. The molecule has 2 aliphatic carbocycles. The van der Waals surface area contributed by atoms with Crippen LogP contribution in [0.3, 0.4) is 0 Å². The van der Waals surface area contributed by atoms with E-state index >= 15 is 0 Å². The molecule has 3 aliphatic rings. The van der Waals surface area contributed by atoms with Gasteiger partial charge in [-0.3, -0.25) is 9.69 Å². The van der Waals surface area contributed by atoms with Gasteiger partial charge >= 0.3 is 0 Å². The number of guanidine groups is 1. The number of amides is 1. The van der Waals surface area contributed by atoms with Crippen molar-refractivity contribution in [3.8, 4) is 0 Å². The second-order valence-electron chi connectivity index (χ2n) is 9.07. The van der Waals surface area contributed by atoms with E-state index in [2.05, 4.69) is 0 Å². The van der Waals surface area contributed by atoms with Crippen molar-refractivity contribution in [2.45, 2.75) is 95.3 Å². The Morgan fingerprint density at radius 1 is 1.04 bits per heavy atom. The van der Waals surface area contributed by atoms with Crippen LogP contribution in [0.1, 0.15) is 83.5 Å². The van der Waals surface area contributed by atoms with Crippen molar-refractivity contribution in [1.29, 1.82) is 0 Å². The summed E-state index contributed by atoms with van der Waals surface area (Å²) in [6, 6.07) is 0. The van der Waals surface area contributed by atoms with E-state index in [-0.39, 0.29) is 5.91 Å². The second kappa shape index (κ2) is 10.1. The van der Waals surface area contributed by atoms with Crippen molar-refractivity contribution in [3.63, 3.8) is 0 Å². The van der Waals surface area contributed by atoms with Gasteiger partial charge in [0.1, 0.15) is 5.54 Å². The summed E-state index contributed by atoms with van der Waals surface area (Å²) in [6.07, 6.45) is 15.2. The molecule has 0 aromatic rings. The standard InChI is InChI=1S/C22H39N3O3/c1-27-19(28-2)16-25-20(26)22(24-21(25)23,15-18-11-7-4-8-12-18)14-13-17-9-5-3-6-10-17/h17-19H,3-16H2,1-2H3,(H2,23,24). The number of carbonyl (C=O) groups is 1. The highest BCUT2D eigenvalue weighted by atomic mass is 16.7. The summed E-state index contributed by atoms with van der Waals surface area (Å²) in [7, 11) is 3.17. The first-order valence-corrected chi connectivity index (χ1v) is 11.3. The zero-order chi connectivity index (χ0) is 20.0. The van der Waals surface area contributed by atoms with Gasteiger partial charge in [-0.05, 0) is 31.1 Å². The number of methoxy groups -OCH3 is 2. The van der Waals surface area contributed by atoms with Crippen molar-refractivity contribution in [2.24, 2.45) is 22.6 Å². The molecule has 0 radical (unpaired) electrons. The predicted molar refractivity (Wildman–Crippen MR) is 111 cm³/mol. The molecular weight excluding hydrogens is 354 g/mol. The molecule has 0 aromatic heterocycles. The fraction of sp³-hybridized carbons (Fsp3) is 0.909. The largest absolute Gasteiger partial charge is 0.369 e. The molecular formula is C22H39N3O3. The lowest BCUT2D eigenvalue weighted by molar-refractivity contribution is -0.142. The SMILES string of the molecule is COC(CN1C(=O)C(CCC2CCCCC2)(CC2CCCCC2)N=C1N)OC. The van der Waals surface area contributed by atoms with E-state index < -0.39 is 11.8 Å². The Balaban J connectivity index is 1.73. The number of aliphatic imine (C=N–C) groups is 1. The summed E-state index contributed by atoms with van der Waals surface area (Å²) < 4.78 is 10.6. The minimum Gasteiger partial charge on any atom is -0.369 e. The van der Waals surface area contributed by atoms with Crippen LogP contribution in [0.15, 0.2) is 4.99 Å². The minimum absolute atomic E-state index is 0.0606. The molecule has 2 fully saturated rings. The van der Waals surface area contributed by atoms with Crippen LogP contribution in [-0.4, -0.2) is 49.4 Å². The molecule has 28 heavy (non-hydrogen) atoms. The Morgan fingerprint density at radius 2 is 1.61 bits per heavy atom. The molecule has 1 heterocycles. The molecule has 0 bridgehead atoms. The van der Waals surface area contributed by atoms with Crippen LogP contribution in [-0.2, 0) is 14.3 Å². The number of carbonyl (C=O) groups excluding carboxylic acids is 1. The molecule has 6 heteroatoms. The summed E-state index contributed by atoms with van der Waals surface area (Å²) in [5.74, 6) is 1.72. The third kappa shape index (κ3) is 5.07. The van der Waals surface area contributed by atoms with Crippen LogP contribution in [0.4, 0.5) is 0 Å². The van der Waals surface area contributed by atoms with Gasteiger partial charge < -0.3 is 15.2 Å². The molecule has 1 amide bonds. The van der Waals surface area contributed by atoms with Gasteiger partial charge in [-0.15, -0.1) is 0 Å². The average molecular weight is 394 g/mol. The first kappa shape index (κ1) is 21.6. The van der Waals surface area contributed by atoms with Crippen LogP contribution in [0, 0.1) is 11.8 Å². The Morgan fingerprint density at radius 3 is 2.18 bits per heavy atom.